The summed E-state index contributed by atoms with van der Waals surface area (Å²) >= 11 is 0. The molecule has 0 spiro atoms. The maximum atomic E-state index is 10.2. The van der Waals surface area contributed by atoms with E-state index in [0.29, 0.717) is 19.4 Å². The molecule has 3 N–H and O–H groups in total. The molecule has 0 saturated heterocycles. The van der Waals surface area contributed by atoms with E-state index in [0.717, 1.165) is 0 Å². The minimum absolute atomic E-state index is 0.453. The Kier molecular flexibility index (Phi) is 5.28. The zero-order valence-corrected chi connectivity index (χ0v) is 6.53. The number of carboxylic acid groups (broad SMARTS) is 1. The van der Waals surface area contributed by atoms with Gasteiger partial charge in [-0.05, 0) is 12.8 Å². The lowest BCUT2D eigenvalue weighted by Crippen LogP contribution is -2.29. The normalized spacial score (nSPS) is 13.6. The average Bonchev–Trinajstić information content (AvgIpc) is 1.97. The Morgan fingerprint density at radius 3 is 2.82 bits per heavy atom. The van der Waals surface area contributed by atoms with Crippen molar-refractivity contribution in [1.29, 1.82) is 0 Å². The summed E-state index contributed by atoms with van der Waals surface area (Å²) in [5, 5.41) is 15.6. The number of azo groups is 1. The van der Waals surface area contributed by atoms with Gasteiger partial charge in [0.15, 0.2) is 0 Å². The molecule has 0 fully saturated rings. The van der Waals surface area contributed by atoms with Gasteiger partial charge in [0, 0.05) is 7.05 Å². The van der Waals surface area contributed by atoms with Crippen LogP contribution in [-0.2, 0) is 4.79 Å². The molecule has 5 nitrogen and oxygen atoms in total. The summed E-state index contributed by atoms with van der Waals surface area (Å²) in [6, 6.07) is -0.762. The van der Waals surface area contributed by atoms with E-state index in [4.69, 9.17) is 10.8 Å². The highest BCUT2D eigenvalue weighted by Gasteiger charge is 2.09. The molecule has 0 bridgehead atoms. The topological polar surface area (TPSA) is 88.0 Å². The summed E-state index contributed by atoms with van der Waals surface area (Å²) < 4.78 is 0. The third kappa shape index (κ3) is 5.47. The van der Waals surface area contributed by atoms with Gasteiger partial charge in [-0.25, -0.2) is 0 Å². The Labute approximate surface area is 65.3 Å². The van der Waals surface area contributed by atoms with E-state index in [1.807, 2.05) is 0 Å². The summed E-state index contributed by atoms with van der Waals surface area (Å²) in [6.45, 7) is 0.553. The smallest absolute Gasteiger partial charge is 0.320 e. The lowest BCUT2D eigenvalue weighted by atomic mass is 10.2. The highest BCUT2D eigenvalue weighted by molar-refractivity contribution is 5.72. The van der Waals surface area contributed by atoms with Crippen LogP contribution in [0.5, 0.6) is 0 Å². The molecule has 11 heavy (non-hydrogen) atoms. The molecular formula is C6H13N3O2. The van der Waals surface area contributed by atoms with Gasteiger partial charge in [0.2, 0.25) is 0 Å². The van der Waals surface area contributed by atoms with Crippen LogP contribution in [0.15, 0.2) is 10.2 Å². The van der Waals surface area contributed by atoms with Gasteiger partial charge in [-0.2, -0.15) is 10.2 Å². The van der Waals surface area contributed by atoms with E-state index >= 15 is 0 Å². The molecule has 0 aliphatic rings. The van der Waals surface area contributed by atoms with Gasteiger partial charge < -0.3 is 10.8 Å². The first-order valence-electron chi connectivity index (χ1n) is 3.42. The molecule has 0 radical (unpaired) electrons. The van der Waals surface area contributed by atoms with E-state index in [2.05, 4.69) is 10.2 Å². The van der Waals surface area contributed by atoms with Gasteiger partial charge in [0.25, 0.3) is 0 Å². The van der Waals surface area contributed by atoms with Crippen LogP contribution in [-0.4, -0.2) is 30.7 Å². The van der Waals surface area contributed by atoms with Gasteiger partial charge in [0.05, 0.1) is 6.54 Å². The van der Waals surface area contributed by atoms with Crippen molar-refractivity contribution < 1.29 is 9.90 Å². The summed E-state index contributed by atoms with van der Waals surface area (Å²) in [6.07, 6.45) is 1.12. The van der Waals surface area contributed by atoms with Crippen LogP contribution < -0.4 is 5.73 Å². The van der Waals surface area contributed by atoms with E-state index in [9.17, 15) is 4.79 Å². The second-order valence-electron chi connectivity index (χ2n) is 2.15. The molecule has 0 aromatic carbocycles. The standard InChI is InChI=1S/C6H13N3O2/c1-8-9-4-2-3-5(7)6(10)11/h5H,2-4,7H2,1H3,(H,10,11)/t5-/m0/s1. The first-order chi connectivity index (χ1) is 5.18. The van der Waals surface area contributed by atoms with Gasteiger partial charge in [0.1, 0.15) is 6.04 Å². The van der Waals surface area contributed by atoms with Gasteiger partial charge in [-0.1, -0.05) is 0 Å². The number of aliphatic carboxylic acids is 1. The fourth-order valence-electron chi connectivity index (χ4n) is 0.605. The van der Waals surface area contributed by atoms with Crippen LogP contribution in [0, 0.1) is 0 Å². The van der Waals surface area contributed by atoms with Gasteiger partial charge in [-0.15, -0.1) is 0 Å². The zero-order valence-electron chi connectivity index (χ0n) is 6.53. The second-order valence-corrected chi connectivity index (χ2v) is 2.15. The summed E-state index contributed by atoms with van der Waals surface area (Å²) in [7, 11) is 1.58. The molecule has 5 heteroatoms. The number of nitrogens with zero attached hydrogens (tertiary/aromatic N) is 2. The Balaban J connectivity index is 3.31. The van der Waals surface area contributed by atoms with Gasteiger partial charge in [-0.3, -0.25) is 4.79 Å². The van der Waals surface area contributed by atoms with Crippen molar-refractivity contribution in [3.05, 3.63) is 0 Å². The van der Waals surface area contributed by atoms with Crippen molar-refractivity contribution >= 4 is 5.97 Å². The summed E-state index contributed by atoms with van der Waals surface area (Å²) in [5.41, 5.74) is 5.23. The van der Waals surface area contributed by atoms with Crippen molar-refractivity contribution in [2.24, 2.45) is 16.0 Å². The Morgan fingerprint density at radius 2 is 2.36 bits per heavy atom. The highest BCUT2D eigenvalue weighted by Crippen LogP contribution is 1.94. The van der Waals surface area contributed by atoms with Crippen molar-refractivity contribution in [3.8, 4) is 0 Å². The van der Waals surface area contributed by atoms with Crippen molar-refractivity contribution in [2.75, 3.05) is 13.6 Å². The molecule has 64 valence electrons. The molecule has 1 atom stereocenters. The van der Waals surface area contributed by atoms with Crippen molar-refractivity contribution in [1.82, 2.24) is 0 Å². The lowest BCUT2D eigenvalue weighted by Gasteiger charge is -2.02. The number of carboxylic acids is 1. The molecule has 0 aromatic rings. The van der Waals surface area contributed by atoms with Crippen molar-refractivity contribution in [3.63, 3.8) is 0 Å². The van der Waals surface area contributed by atoms with Crippen LogP contribution in [0.4, 0.5) is 0 Å². The van der Waals surface area contributed by atoms with Crippen LogP contribution in [0.1, 0.15) is 12.8 Å². The monoisotopic (exact) mass is 159 g/mol. The molecule has 0 amide bonds. The molecule has 0 aliphatic carbocycles. The molecule has 0 unspecified atom stereocenters. The molecule has 0 heterocycles. The maximum Gasteiger partial charge on any atom is 0.320 e. The molecule has 0 saturated carbocycles. The molecule has 0 aromatic heterocycles. The molecule has 0 aliphatic heterocycles. The maximum absolute atomic E-state index is 10.2. The minimum atomic E-state index is -0.960. The fourth-order valence-corrected chi connectivity index (χ4v) is 0.605. The quantitative estimate of drug-likeness (QED) is 0.445. The first-order valence-corrected chi connectivity index (χ1v) is 3.42. The Morgan fingerprint density at radius 1 is 1.73 bits per heavy atom. The molecule has 0 rings (SSSR count). The fraction of sp³-hybridized carbons (Fsp3) is 0.833. The van der Waals surface area contributed by atoms with E-state index in [-0.39, 0.29) is 0 Å². The number of rotatable bonds is 5. The SMILES string of the molecule is CN=NCCC[C@H](N)C(=O)O. The van der Waals surface area contributed by atoms with Crippen LogP contribution in [0.2, 0.25) is 0 Å². The first kappa shape index (κ1) is 10.0. The molecular weight excluding hydrogens is 146 g/mol. The third-order valence-corrected chi connectivity index (χ3v) is 1.23. The van der Waals surface area contributed by atoms with Crippen LogP contribution >= 0.6 is 0 Å². The van der Waals surface area contributed by atoms with Gasteiger partial charge >= 0.3 is 5.97 Å². The number of hydrogen-bond acceptors (Lipinski definition) is 4. The number of carbonyl (C=O) groups is 1. The minimum Gasteiger partial charge on any atom is -0.480 e. The number of hydrogen-bond donors (Lipinski definition) is 2. The van der Waals surface area contributed by atoms with Crippen LogP contribution in [0.3, 0.4) is 0 Å². The zero-order chi connectivity index (χ0) is 8.69. The predicted molar refractivity (Wildman–Crippen MR) is 40.5 cm³/mol. The van der Waals surface area contributed by atoms with E-state index in [1.54, 1.807) is 7.05 Å². The lowest BCUT2D eigenvalue weighted by molar-refractivity contribution is -0.138. The van der Waals surface area contributed by atoms with E-state index in [1.165, 1.54) is 0 Å². The Hall–Kier alpha value is -0.970. The van der Waals surface area contributed by atoms with Crippen LogP contribution in [0.25, 0.3) is 0 Å². The second kappa shape index (κ2) is 5.79. The average molecular weight is 159 g/mol. The van der Waals surface area contributed by atoms with E-state index < -0.39 is 12.0 Å². The predicted octanol–water partition coefficient (Wildman–Crippen LogP) is 0.261. The Bertz CT molecular complexity index is 147. The summed E-state index contributed by atoms with van der Waals surface area (Å²) in [5.74, 6) is -0.960. The summed E-state index contributed by atoms with van der Waals surface area (Å²) in [4.78, 5) is 10.2. The largest absolute Gasteiger partial charge is 0.480 e. The highest BCUT2D eigenvalue weighted by atomic mass is 16.4. The number of nitrogens with two attached hydrogens (primary N) is 1. The third-order valence-electron chi connectivity index (χ3n) is 1.23. The van der Waals surface area contributed by atoms with Crippen molar-refractivity contribution in [2.45, 2.75) is 18.9 Å².